The van der Waals surface area contributed by atoms with Crippen molar-refractivity contribution in [2.75, 3.05) is 13.1 Å². The number of carbonyl (C=O) groups excluding carboxylic acids is 1. The van der Waals surface area contributed by atoms with E-state index in [0.717, 1.165) is 42.3 Å². The number of nitrogens with one attached hydrogen (secondary N) is 2. The molecule has 7 nitrogen and oxygen atoms in total. The quantitative estimate of drug-likeness (QED) is 0.841. The number of pyridine rings is 1. The van der Waals surface area contributed by atoms with Gasteiger partial charge in [-0.05, 0) is 51.3 Å². The van der Waals surface area contributed by atoms with Crippen LogP contribution in [0.15, 0.2) is 16.9 Å². The van der Waals surface area contributed by atoms with Crippen LogP contribution in [0.2, 0.25) is 0 Å². The first-order chi connectivity index (χ1) is 12.8. The Morgan fingerprint density at radius 3 is 2.78 bits per heavy atom. The van der Waals surface area contributed by atoms with E-state index in [2.05, 4.69) is 27.2 Å². The van der Waals surface area contributed by atoms with Gasteiger partial charge in [0.05, 0.1) is 5.69 Å². The maximum absolute atomic E-state index is 12.4. The summed E-state index contributed by atoms with van der Waals surface area (Å²) < 4.78 is 1.79. The van der Waals surface area contributed by atoms with Crippen molar-refractivity contribution < 1.29 is 4.79 Å². The van der Waals surface area contributed by atoms with E-state index in [4.69, 9.17) is 0 Å². The van der Waals surface area contributed by atoms with E-state index in [1.807, 2.05) is 27.0 Å². The lowest BCUT2D eigenvalue weighted by molar-refractivity contribution is 0.0949. The van der Waals surface area contributed by atoms with E-state index in [0.29, 0.717) is 12.5 Å². The second kappa shape index (κ2) is 8.08. The number of amides is 1. The molecule has 0 bridgehead atoms. The third-order valence-corrected chi connectivity index (χ3v) is 5.43. The van der Waals surface area contributed by atoms with Gasteiger partial charge in [0.15, 0.2) is 0 Å². The molecule has 0 saturated carbocycles. The molecule has 0 radical (unpaired) electrons. The number of likely N-dealkylation sites (tertiary alicyclic amines) is 1. The van der Waals surface area contributed by atoms with E-state index >= 15 is 0 Å². The van der Waals surface area contributed by atoms with Crippen LogP contribution in [0.3, 0.4) is 0 Å². The van der Waals surface area contributed by atoms with E-state index in [1.165, 1.54) is 12.8 Å². The van der Waals surface area contributed by atoms with Gasteiger partial charge < -0.3 is 10.3 Å². The van der Waals surface area contributed by atoms with E-state index in [9.17, 15) is 9.59 Å². The number of aromatic amines is 1. The van der Waals surface area contributed by atoms with Crippen LogP contribution in [0.1, 0.15) is 52.8 Å². The van der Waals surface area contributed by atoms with Crippen molar-refractivity contribution in [3.63, 3.8) is 0 Å². The molecule has 0 aliphatic carbocycles. The molecule has 1 saturated heterocycles. The molecule has 1 aliphatic rings. The van der Waals surface area contributed by atoms with Gasteiger partial charge in [-0.1, -0.05) is 6.92 Å². The lowest BCUT2D eigenvalue weighted by Gasteiger charge is -2.30. The SMILES string of the molecule is Cc1nn(C)c(C)c1CNC(=O)c1ccc(CN2CCCC(C)C2)[nH]c1=O. The zero-order valence-electron chi connectivity index (χ0n) is 16.6. The van der Waals surface area contributed by atoms with Crippen LogP contribution in [-0.4, -0.2) is 38.7 Å². The van der Waals surface area contributed by atoms with Gasteiger partial charge in [-0.2, -0.15) is 5.10 Å². The molecule has 27 heavy (non-hydrogen) atoms. The maximum Gasteiger partial charge on any atom is 0.261 e. The van der Waals surface area contributed by atoms with Crippen molar-refractivity contribution in [3.8, 4) is 0 Å². The fourth-order valence-corrected chi connectivity index (χ4v) is 3.79. The van der Waals surface area contributed by atoms with E-state index < -0.39 is 0 Å². The maximum atomic E-state index is 12.4. The van der Waals surface area contributed by atoms with Crippen LogP contribution in [0.5, 0.6) is 0 Å². The summed E-state index contributed by atoms with van der Waals surface area (Å²) in [5, 5.41) is 7.18. The van der Waals surface area contributed by atoms with Crippen LogP contribution >= 0.6 is 0 Å². The minimum Gasteiger partial charge on any atom is -0.348 e. The lowest BCUT2D eigenvalue weighted by atomic mass is 10.0. The molecule has 0 aromatic carbocycles. The first-order valence-electron chi connectivity index (χ1n) is 9.57. The molecule has 2 aromatic heterocycles. The minimum absolute atomic E-state index is 0.143. The zero-order chi connectivity index (χ0) is 19.6. The Kier molecular flexibility index (Phi) is 5.79. The van der Waals surface area contributed by atoms with Gasteiger partial charge in [0.1, 0.15) is 5.56 Å². The van der Waals surface area contributed by atoms with E-state index in [-0.39, 0.29) is 17.0 Å². The lowest BCUT2D eigenvalue weighted by Crippen LogP contribution is -2.35. The normalized spacial score (nSPS) is 17.9. The average Bonchev–Trinajstić information content (AvgIpc) is 2.85. The summed E-state index contributed by atoms with van der Waals surface area (Å²) in [7, 11) is 1.88. The molecule has 2 N–H and O–H groups in total. The summed E-state index contributed by atoms with van der Waals surface area (Å²) in [5.41, 5.74) is 3.53. The van der Waals surface area contributed by atoms with Gasteiger partial charge in [-0.3, -0.25) is 19.2 Å². The Morgan fingerprint density at radius 1 is 1.37 bits per heavy atom. The molecule has 1 amide bonds. The fourth-order valence-electron chi connectivity index (χ4n) is 3.79. The van der Waals surface area contributed by atoms with E-state index in [1.54, 1.807) is 10.7 Å². The van der Waals surface area contributed by atoms with Crippen LogP contribution in [-0.2, 0) is 20.1 Å². The number of H-pyrrole nitrogens is 1. The number of nitrogens with zero attached hydrogens (tertiary/aromatic N) is 3. The summed E-state index contributed by atoms with van der Waals surface area (Å²) in [4.78, 5) is 30.1. The first kappa shape index (κ1) is 19.4. The van der Waals surface area contributed by atoms with Crippen LogP contribution in [0.25, 0.3) is 0 Å². The molecular formula is C20H29N5O2. The predicted octanol–water partition coefficient (Wildman–Crippen LogP) is 1.89. The molecule has 3 heterocycles. The largest absolute Gasteiger partial charge is 0.348 e. The van der Waals surface area contributed by atoms with Gasteiger partial charge in [0.2, 0.25) is 0 Å². The van der Waals surface area contributed by atoms with Gasteiger partial charge in [0.25, 0.3) is 11.5 Å². The monoisotopic (exact) mass is 371 g/mol. The van der Waals surface area contributed by atoms with Crippen LogP contribution in [0.4, 0.5) is 0 Å². The Balaban J connectivity index is 1.64. The molecule has 1 fully saturated rings. The number of aryl methyl sites for hydroxylation is 2. The molecular weight excluding hydrogens is 342 g/mol. The second-order valence-electron chi connectivity index (χ2n) is 7.66. The summed E-state index contributed by atoms with van der Waals surface area (Å²) in [6, 6.07) is 3.47. The Hall–Kier alpha value is -2.41. The van der Waals surface area contributed by atoms with Crippen molar-refractivity contribution >= 4 is 5.91 Å². The van der Waals surface area contributed by atoms with Crippen molar-refractivity contribution in [1.82, 2.24) is 25.0 Å². The van der Waals surface area contributed by atoms with Crippen LogP contribution in [0, 0.1) is 19.8 Å². The standard InChI is InChI=1S/C20H29N5O2/c1-13-6-5-9-25(11-13)12-16-7-8-17(20(27)22-16)19(26)21-10-18-14(2)23-24(4)15(18)3/h7-8,13H,5-6,9-12H2,1-4H3,(H,21,26)(H,22,27). The fraction of sp³-hybridized carbons (Fsp3) is 0.550. The van der Waals surface area contributed by atoms with Gasteiger partial charge in [-0.25, -0.2) is 0 Å². The molecule has 1 aliphatic heterocycles. The summed E-state index contributed by atoms with van der Waals surface area (Å²) in [6.07, 6.45) is 2.46. The third-order valence-electron chi connectivity index (χ3n) is 5.43. The smallest absolute Gasteiger partial charge is 0.261 e. The van der Waals surface area contributed by atoms with Crippen molar-refractivity contribution in [3.05, 3.63) is 50.7 Å². The van der Waals surface area contributed by atoms with Crippen molar-refractivity contribution in [2.24, 2.45) is 13.0 Å². The molecule has 3 rings (SSSR count). The Labute approximate surface area is 159 Å². The number of hydrogen-bond donors (Lipinski definition) is 2. The van der Waals surface area contributed by atoms with Crippen LogP contribution < -0.4 is 10.9 Å². The highest BCUT2D eigenvalue weighted by atomic mass is 16.2. The topological polar surface area (TPSA) is 83.0 Å². The number of aromatic nitrogens is 3. The summed E-state index contributed by atoms with van der Waals surface area (Å²) in [5.74, 6) is 0.326. The summed E-state index contributed by atoms with van der Waals surface area (Å²) in [6.45, 7) is 9.31. The third kappa shape index (κ3) is 4.47. The second-order valence-corrected chi connectivity index (χ2v) is 7.66. The summed E-state index contributed by atoms with van der Waals surface area (Å²) >= 11 is 0. The van der Waals surface area contributed by atoms with Gasteiger partial charge in [0, 0.05) is 43.6 Å². The minimum atomic E-state index is -0.364. The molecule has 0 spiro atoms. The van der Waals surface area contributed by atoms with Crippen molar-refractivity contribution in [2.45, 2.75) is 46.7 Å². The van der Waals surface area contributed by atoms with Crippen molar-refractivity contribution in [1.29, 1.82) is 0 Å². The average molecular weight is 371 g/mol. The number of hydrogen-bond acceptors (Lipinski definition) is 4. The Morgan fingerprint density at radius 2 is 2.15 bits per heavy atom. The zero-order valence-corrected chi connectivity index (χ0v) is 16.6. The molecule has 1 atom stereocenters. The first-order valence-corrected chi connectivity index (χ1v) is 9.57. The number of rotatable bonds is 5. The highest BCUT2D eigenvalue weighted by Crippen LogP contribution is 2.17. The van der Waals surface area contributed by atoms with Gasteiger partial charge in [-0.15, -0.1) is 0 Å². The number of piperidine rings is 1. The number of carbonyl (C=O) groups is 1. The molecule has 7 heteroatoms. The highest BCUT2D eigenvalue weighted by Gasteiger charge is 2.18. The van der Waals surface area contributed by atoms with Gasteiger partial charge >= 0.3 is 0 Å². The highest BCUT2D eigenvalue weighted by molar-refractivity contribution is 5.93. The molecule has 146 valence electrons. The molecule has 2 aromatic rings. The molecule has 1 unspecified atom stereocenters. The Bertz CT molecular complexity index is 883. The predicted molar refractivity (Wildman–Crippen MR) is 105 cm³/mol.